The predicted octanol–water partition coefficient (Wildman–Crippen LogP) is 4.19. The van der Waals surface area contributed by atoms with Crippen LogP contribution in [0.5, 0.6) is 0 Å². The zero-order valence-corrected chi connectivity index (χ0v) is 12.4. The third-order valence-electron chi connectivity index (χ3n) is 2.73. The van der Waals surface area contributed by atoms with Crippen LogP contribution in [0.1, 0.15) is 32.4 Å². The van der Waals surface area contributed by atoms with Crippen molar-refractivity contribution in [3.8, 4) is 0 Å². The molecule has 1 aromatic carbocycles. The molecule has 17 heavy (non-hydrogen) atoms. The molecule has 1 nitrogen and oxygen atoms in total. The lowest BCUT2D eigenvalue weighted by atomic mass is 9.99. The first-order chi connectivity index (χ1) is 8.20. The predicted molar refractivity (Wildman–Crippen MR) is 80.6 cm³/mol. The Morgan fingerprint density at radius 3 is 2.06 bits per heavy atom. The molecule has 0 spiro atoms. The summed E-state index contributed by atoms with van der Waals surface area (Å²) >= 11 is 3.87. The molecule has 1 N–H and O–H groups in total. The molecule has 0 aliphatic heterocycles. The largest absolute Gasteiger partial charge is 0.388 e. The average Bonchev–Trinajstić information content (AvgIpc) is 2.38. The zero-order chi connectivity index (χ0) is 12.7. The molecule has 0 aliphatic rings. The van der Waals surface area contributed by atoms with Crippen LogP contribution in [0.2, 0.25) is 0 Å². The quantitative estimate of drug-likeness (QED) is 0.750. The molecule has 0 amide bonds. The van der Waals surface area contributed by atoms with Gasteiger partial charge in [0, 0.05) is 5.92 Å². The molecule has 0 aromatic heterocycles. The van der Waals surface area contributed by atoms with Crippen molar-refractivity contribution in [3.63, 3.8) is 0 Å². The molecule has 0 fully saturated rings. The molecule has 0 bridgehead atoms. The molecule has 1 aromatic rings. The highest BCUT2D eigenvalue weighted by Gasteiger charge is 2.25. The first-order valence-electron chi connectivity index (χ1n) is 6.16. The number of hydrogen-bond donors (Lipinski definition) is 1. The zero-order valence-electron chi connectivity index (χ0n) is 10.8. The van der Waals surface area contributed by atoms with Crippen LogP contribution in [-0.2, 0) is 0 Å². The Kier molecular flexibility index (Phi) is 7.09. The van der Waals surface area contributed by atoms with E-state index in [1.807, 2.05) is 53.9 Å². The fourth-order valence-electron chi connectivity index (χ4n) is 1.78. The van der Waals surface area contributed by atoms with Gasteiger partial charge in [-0.15, -0.1) is 23.5 Å². The van der Waals surface area contributed by atoms with Crippen LogP contribution >= 0.6 is 23.5 Å². The van der Waals surface area contributed by atoms with Crippen LogP contribution in [-0.4, -0.2) is 21.2 Å². The number of aliphatic hydroxyl groups excluding tert-OH is 1. The summed E-state index contributed by atoms with van der Waals surface area (Å²) in [7, 11) is 0. The van der Waals surface area contributed by atoms with Crippen molar-refractivity contribution in [2.75, 3.05) is 11.5 Å². The summed E-state index contributed by atoms with van der Waals surface area (Å²) in [5, 5.41) is 10.4. The molecule has 0 aliphatic carbocycles. The Hall–Kier alpha value is -0.120. The molecule has 2 atom stereocenters. The lowest BCUT2D eigenvalue weighted by Crippen LogP contribution is -2.19. The third-order valence-corrected chi connectivity index (χ3v) is 5.73. The maximum atomic E-state index is 10.4. The topological polar surface area (TPSA) is 20.2 Å². The van der Waals surface area contributed by atoms with E-state index < -0.39 is 0 Å². The molecule has 0 heterocycles. The van der Waals surface area contributed by atoms with Crippen LogP contribution in [0.15, 0.2) is 30.3 Å². The van der Waals surface area contributed by atoms with Crippen LogP contribution in [0, 0.1) is 5.92 Å². The molecule has 0 unspecified atom stereocenters. The van der Waals surface area contributed by atoms with Gasteiger partial charge in [0.15, 0.2) is 0 Å². The van der Waals surface area contributed by atoms with Crippen molar-refractivity contribution in [2.24, 2.45) is 5.92 Å². The van der Waals surface area contributed by atoms with Gasteiger partial charge in [-0.05, 0) is 17.1 Å². The minimum absolute atomic E-state index is 0.271. The lowest BCUT2D eigenvalue weighted by Gasteiger charge is -2.27. The highest BCUT2D eigenvalue weighted by Crippen LogP contribution is 2.37. The Bertz CT molecular complexity index is 296. The fourth-order valence-corrected chi connectivity index (χ4v) is 4.55. The average molecular weight is 270 g/mol. The molecule has 1 rings (SSSR count). The SMILES string of the molecule is CCSC(SCC)[C@@H](C)[C@@H](O)c1ccccc1. The summed E-state index contributed by atoms with van der Waals surface area (Å²) in [5.74, 6) is 2.47. The molecule has 0 radical (unpaired) electrons. The second-order valence-electron chi connectivity index (χ2n) is 3.99. The molecular formula is C14H22OS2. The van der Waals surface area contributed by atoms with Gasteiger partial charge in [-0.1, -0.05) is 51.1 Å². The highest BCUT2D eigenvalue weighted by atomic mass is 32.2. The summed E-state index contributed by atoms with van der Waals surface area (Å²) in [4.78, 5) is 0. The van der Waals surface area contributed by atoms with Crippen LogP contribution in [0.3, 0.4) is 0 Å². The Morgan fingerprint density at radius 2 is 1.59 bits per heavy atom. The van der Waals surface area contributed by atoms with Crippen molar-refractivity contribution >= 4 is 23.5 Å². The van der Waals surface area contributed by atoms with Gasteiger partial charge in [0.1, 0.15) is 0 Å². The molecule has 96 valence electrons. The normalized spacial score (nSPS) is 14.9. The summed E-state index contributed by atoms with van der Waals surface area (Å²) in [5.41, 5.74) is 1.03. The van der Waals surface area contributed by atoms with E-state index in [1.54, 1.807) is 0 Å². The minimum Gasteiger partial charge on any atom is -0.388 e. The maximum absolute atomic E-state index is 10.4. The standard InChI is InChI=1S/C14H22OS2/c1-4-16-14(17-5-2)11(3)13(15)12-9-7-6-8-10-12/h6-11,13-15H,4-5H2,1-3H3/t11-,13+/m0/s1. The van der Waals surface area contributed by atoms with Gasteiger partial charge in [-0.25, -0.2) is 0 Å². The second kappa shape index (κ2) is 8.06. The van der Waals surface area contributed by atoms with Crippen molar-refractivity contribution < 1.29 is 5.11 Å². The Morgan fingerprint density at radius 1 is 1.06 bits per heavy atom. The number of rotatable bonds is 7. The lowest BCUT2D eigenvalue weighted by molar-refractivity contribution is 0.125. The van der Waals surface area contributed by atoms with Crippen LogP contribution < -0.4 is 0 Å². The Labute approximate surface area is 113 Å². The monoisotopic (exact) mass is 270 g/mol. The summed E-state index contributed by atoms with van der Waals surface area (Å²) in [6, 6.07) is 9.97. The van der Waals surface area contributed by atoms with Crippen LogP contribution in [0.25, 0.3) is 0 Å². The molecule has 3 heteroatoms. The van der Waals surface area contributed by atoms with Gasteiger partial charge < -0.3 is 5.11 Å². The van der Waals surface area contributed by atoms with Gasteiger partial charge in [0.2, 0.25) is 0 Å². The van der Waals surface area contributed by atoms with Crippen molar-refractivity contribution in [2.45, 2.75) is 31.5 Å². The maximum Gasteiger partial charge on any atom is 0.0834 e. The van der Waals surface area contributed by atoms with E-state index in [4.69, 9.17) is 0 Å². The van der Waals surface area contributed by atoms with Gasteiger partial charge in [-0.2, -0.15) is 0 Å². The van der Waals surface area contributed by atoms with E-state index in [0.717, 1.165) is 17.1 Å². The number of hydrogen-bond acceptors (Lipinski definition) is 3. The molecule has 0 saturated heterocycles. The first-order valence-corrected chi connectivity index (χ1v) is 8.26. The van der Waals surface area contributed by atoms with E-state index in [2.05, 4.69) is 20.8 Å². The van der Waals surface area contributed by atoms with Crippen LogP contribution in [0.4, 0.5) is 0 Å². The van der Waals surface area contributed by atoms with E-state index in [9.17, 15) is 5.11 Å². The van der Waals surface area contributed by atoms with E-state index >= 15 is 0 Å². The minimum atomic E-state index is -0.362. The highest BCUT2D eigenvalue weighted by molar-refractivity contribution is 8.17. The molecule has 0 saturated carbocycles. The first kappa shape index (κ1) is 14.9. The second-order valence-corrected chi connectivity index (χ2v) is 7.13. The van der Waals surface area contributed by atoms with Gasteiger partial charge in [0.25, 0.3) is 0 Å². The number of benzene rings is 1. The van der Waals surface area contributed by atoms with Gasteiger partial charge >= 0.3 is 0 Å². The fraction of sp³-hybridized carbons (Fsp3) is 0.571. The van der Waals surface area contributed by atoms with Gasteiger partial charge in [-0.3, -0.25) is 0 Å². The van der Waals surface area contributed by atoms with E-state index in [1.165, 1.54) is 0 Å². The Balaban J connectivity index is 2.69. The van der Waals surface area contributed by atoms with E-state index in [0.29, 0.717) is 4.58 Å². The van der Waals surface area contributed by atoms with Crippen molar-refractivity contribution in [1.82, 2.24) is 0 Å². The molecular weight excluding hydrogens is 248 g/mol. The van der Waals surface area contributed by atoms with E-state index in [-0.39, 0.29) is 12.0 Å². The third kappa shape index (κ3) is 4.57. The number of aliphatic hydroxyl groups is 1. The van der Waals surface area contributed by atoms with Crippen molar-refractivity contribution in [1.29, 1.82) is 0 Å². The summed E-state index contributed by atoms with van der Waals surface area (Å²) in [6.45, 7) is 6.50. The summed E-state index contributed by atoms with van der Waals surface area (Å²) < 4.78 is 0.472. The van der Waals surface area contributed by atoms with Gasteiger partial charge in [0.05, 0.1) is 10.7 Å². The number of thioether (sulfide) groups is 2. The summed E-state index contributed by atoms with van der Waals surface area (Å²) in [6.07, 6.45) is -0.362. The smallest absolute Gasteiger partial charge is 0.0834 e. The van der Waals surface area contributed by atoms with Crippen molar-refractivity contribution in [3.05, 3.63) is 35.9 Å².